The molecule has 2 N–H and O–H groups in total. The Morgan fingerprint density at radius 1 is 1.05 bits per heavy atom. The van der Waals surface area contributed by atoms with Crippen LogP contribution in [0.3, 0.4) is 0 Å². The average Bonchev–Trinajstić information content (AvgIpc) is 2.16. The molecule has 0 radical (unpaired) electrons. The van der Waals surface area contributed by atoms with E-state index in [1.165, 1.54) is 5.56 Å². The molecule has 0 atom stereocenters. The van der Waals surface area contributed by atoms with Crippen LogP contribution in [0.1, 0.15) is 46.6 Å². The number of anilines is 1. The van der Waals surface area contributed by atoms with Crippen LogP contribution in [0.2, 0.25) is 0 Å². The quantitative estimate of drug-likeness (QED) is 0.796. The Labute approximate surface area is 123 Å². The predicted molar refractivity (Wildman–Crippen MR) is 88.7 cm³/mol. The summed E-state index contributed by atoms with van der Waals surface area (Å²) in [5, 5.41) is 7.31. The molecule has 0 spiro atoms. The van der Waals surface area contributed by atoms with Crippen LogP contribution in [0.4, 0.5) is 5.69 Å². The molecular formula is C16H26N2S. The highest BCUT2D eigenvalue weighted by atomic mass is 32.1. The summed E-state index contributed by atoms with van der Waals surface area (Å²) in [6.07, 6.45) is 1.05. The van der Waals surface area contributed by atoms with Gasteiger partial charge in [-0.05, 0) is 57.0 Å². The zero-order valence-electron chi connectivity index (χ0n) is 12.9. The second-order valence-electron chi connectivity index (χ2n) is 7.07. The Hall–Kier alpha value is -1.09. The van der Waals surface area contributed by atoms with E-state index in [1.807, 2.05) is 12.1 Å². The third-order valence-electron chi connectivity index (χ3n) is 2.73. The van der Waals surface area contributed by atoms with Crippen LogP contribution in [-0.4, -0.2) is 10.7 Å². The lowest BCUT2D eigenvalue weighted by molar-refractivity contribution is 0.268. The van der Waals surface area contributed by atoms with E-state index in [9.17, 15) is 0 Å². The molecule has 0 aromatic heterocycles. The molecule has 0 saturated carbocycles. The van der Waals surface area contributed by atoms with Crippen LogP contribution < -0.4 is 10.6 Å². The fourth-order valence-corrected chi connectivity index (χ4v) is 2.87. The number of aryl methyl sites for hydroxylation is 1. The molecule has 3 heteroatoms. The van der Waals surface area contributed by atoms with Gasteiger partial charge in [-0.25, -0.2) is 0 Å². The molecule has 1 aromatic rings. The molecule has 0 aliphatic carbocycles. The van der Waals surface area contributed by atoms with Crippen molar-refractivity contribution in [2.45, 2.75) is 53.5 Å². The summed E-state index contributed by atoms with van der Waals surface area (Å²) in [4.78, 5) is 0. The number of hydrogen-bond acceptors (Lipinski definition) is 1. The number of rotatable bonds is 3. The Morgan fingerprint density at radius 3 is 2.05 bits per heavy atom. The van der Waals surface area contributed by atoms with E-state index >= 15 is 0 Å². The summed E-state index contributed by atoms with van der Waals surface area (Å²) < 4.78 is 0. The summed E-state index contributed by atoms with van der Waals surface area (Å²) in [6, 6.07) is 8.23. The first kappa shape index (κ1) is 16.0. The molecule has 0 bridgehead atoms. The maximum absolute atomic E-state index is 5.38. The van der Waals surface area contributed by atoms with E-state index in [4.69, 9.17) is 12.2 Å². The molecule has 19 heavy (non-hydrogen) atoms. The number of thiocarbonyl (C=S) groups is 1. The lowest BCUT2D eigenvalue weighted by Crippen LogP contribution is -2.47. The second-order valence-corrected chi connectivity index (χ2v) is 7.47. The standard InChI is InChI=1S/C16H26N2S/c1-12-7-9-13(10-8-12)17-14(19)18-16(5,6)11-15(2,3)4/h7-10H,11H2,1-6H3,(H2,17,18,19). The molecule has 0 amide bonds. The Balaban J connectivity index is 2.57. The van der Waals surface area contributed by atoms with Gasteiger partial charge in [-0.15, -0.1) is 0 Å². The Bertz CT molecular complexity index is 427. The summed E-state index contributed by atoms with van der Waals surface area (Å²) in [5.41, 5.74) is 2.52. The highest BCUT2D eigenvalue weighted by molar-refractivity contribution is 7.80. The molecule has 1 aromatic carbocycles. The van der Waals surface area contributed by atoms with Gasteiger partial charge in [0.2, 0.25) is 0 Å². The topological polar surface area (TPSA) is 24.1 Å². The zero-order chi connectivity index (χ0) is 14.7. The lowest BCUT2D eigenvalue weighted by Gasteiger charge is -2.34. The molecule has 0 aliphatic rings. The van der Waals surface area contributed by atoms with Crippen molar-refractivity contribution in [3.05, 3.63) is 29.8 Å². The molecule has 1 rings (SSSR count). The van der Waals surface area contributed by atoms with E-state index in [2.05, 4.69) is 64.3 Å². The van der Waals surface area contributed by atoms with Crippen LogP contribution in [-0.2, 0) is 0 Å². The second kappa shape index (κ2) is 5.91. The van der Waals surface area contributed by atoms with Gasteiger partial charge in [0.25, 0.3) is 0 Å². The normalized spacial score (nSPS) is 12.1. The number of nitrogens with one attached hydrogen (secondary N) is 2. The minimum absolute atomic E-state index is 0.0208. The fraction of sp³-hybridized carbons (Fsp3) is 0.562. The van der Waals surface area contributed by atoms with Crippen molar-refractivity contribution in [3.63, 3.8) is 0 Å². The highest BCUT2D eigenvalue weighted by Gasteiger charge is 2.25. The van der Waals surface area contributed by atoms with Crippen molar-refractivity contribution in [2.24, 2.45) is 5.41 Å². The highest BCUT2D eigenvalue weighted by Crippen LogP contribution is 2.26. The smallest absolute Gasteiger partial charge is 0.171 e. The third-order valence-corrected chi connectivity index (χ3v) is 2.94. The molecular weight excluding hydrogens is 252 g/mol. The predicted octanol–water partition coefficient (Wildman–Crippen LogP) is 4.50. The molecule has 0 fully saturated rings. The molecule has 2 nitrogen and oxygen atoms in total. The van der Waals surface area contributed by atoms with Gasteiger partial charge >= 0.3 is 0 Å². The number of benzene rings is 1. The van der Waals surface area contributed by atoms with Gasteiger partial charge in [0.05, 0.1) is 0 Å². The minimum Gasteiger partial charge on any atom is -0.358 e. The first-order chi connectivity index (χ1) is 8.57. The van der Waals surface area contributed by atoms with Gasteiger partial charge in [-0.2, -0.15) is 0 Å². The van der Waals surface area contributed by atoms with Gasteiger partial charge in [0, 0.05) is 11.2 Å². The van der Waals surface area contributed by atoms with Gasteiger partial charge in [-0.3, -0.25) is 0 Å². The molecule has 0 unspecified atom stereocenters. The van der Waals surface area contributed by atoms with Crippen LogP contribution in [0.15, 0.2) is 24.3 Å². The van der Waals surface area contributed by atoms with Crippen molar-refractivity contribution in [1.82, 2.24) is 5.32 Å². The monoisotopic (exact) mass is 278 g/mol. The minimum atomic E-state index is -0.0208. The van der Waals surface area contributed by atoms with E-state index in [-0.39, 0.29) is 11.0 Å². The van der Waals surface area contributed by atoms with Crippen molar-refractivity contribution in [3.8, 4) is 0 Å². The SMILES string of the molecule is Cc1ccc(NC(=S)NC(C)(C)CC(C)(C)C)cc1. The van der Waals surface area contributed by atoms with Crippen molar-refractivity contribution in [2.75, 3.05) is 5.32 Å². The molecule has 0 saturated heterocycles. The fourth-order valence-electron chi connectivity index (χ4n) is 2.48. The van der Waals surface area contributed by atoms with Crippen molar-refractivity contribution >= 4 is 23.0 Å². The average molecular weight is 278 g/mol. The first-order valence-electron chi connectivity index (χ1n) is 6.73. The van der Waals surface area contributed by atoms with Crippen LogP contribution in [0.25, 0.3) is 0 Å². The van der Waals surface area contributed by atoms with Crippen molar-refractivity contribution in [1.29, 1.82) is 0 Å². The van der Waals surface area contributed by atoms with Gasteiger partial charge in [0.15, 0.2) is 5.11 Å². The van der Waals surface area contributed by atoms with Crippen LogP contribution >= 0.6 is 12.2 Å². The third kappa shape index (κ3) is 6.58. The Kier molecular flexibility index (Phi) is 4.97. The van der Waals surface area contributed by atoms with E-state index in [1.54, 1.807) is 0 Å². The van der Waals surface area contributed by atoms with Gasteiger partial charge in [0.1, 0.15) is 0 Å². The number of hydrogen-bond donors (Lipinski definition) is 2. The molecule has 0 aliphatic heterocycles. The maximum atomic E-state index is 5.38. The maximum Gasteiger partial charge on any atom is 0.171 e. The summed E-state index contributed by atoms with van der Waals surface area (Å²) >= 11 is 5.38. The first-order valence-corrected chi connectivity index (χ1v) is 7.14. The van der Waals surface area contributed by atoms with E-state index in [0.29, 0.717) is 5.11 Å². The van der Waals surface area contributed by atoms with Gasteiger partial charge < -0.3 is 10.6 Å². The van der Waals surface area contributed by atoms with Crippen LogP contribution in [0, 0.1) is 12.3 Å². The largest absolute Gasteiger partial charge is 0.358 e. The Morgan fingerprint density at radius 2 is 1.58 bits per heavy atom. The molecule has 0 heterocycles. The summed E-state index contributed by atoms with van der Waals surface area (Å²) in [5.74, 6) is 0. The summed E-state index contributed by atoms with van der Waals surface area (Å²) in [6.45, 7) is 13.2. The summed E-state index contributed by atoms with van der Waals surface area (Å²) in [7, 11) is 0. The van der Waals surface area contributed by atoms with Crippen molar-refractivity contribution < 1.29 is 0 Å². The van der Waals surface area contributed by atoms with Gasteiger partial charge in [-0.1, -0.05) is 38.5 Å². The van der Waals surface area contributed by atoms with Crippen LogP contribution in [0.5, 0.6) is 0 Å². The van der Waals surface area contributed by atoms with E-state index < -0.39 is 0 Å². The zero-order valence-corrected chi connectivity index (χ0v) is 13.7. The van der Waals surface area contributed by atoms with E-state index in [0.717, 1.165) is 12.1 Å². The lowest BCUT2D eigenvalue weighted by atomic mass is 9.82. The molecule has 106 valence electrons.